The molecule has 0 radical (unpaired) electrons. The predicted octanol–water partition coefficient (Wildman–Crippen LogP) is 5.82. The van der Waals surface area contributed by atoms with Gasteiger partial charge in [-0.2, -0.15) is 0 Å². The molecule has 1 aliphatic heterocycles. The van der Waals surface area contributed by atoms with Crippen LogP contribution in [0.2, 0.25) is 10.0 Å². The van der Waals surface area contributed by atoms with Crippen LogP contribution in [-0.4, -0.2) is 21.9 Å². The quantitative estimate of drug-likeness (QED) is 0.565. The van der Waals surface area contributed by atoms with Crippen molar-refractivity contribution in [3.63, 3.8) is 0 Å². The Hall–Kier alpha value is -1.46. The van der Waals surface area contributed by atoms with Crippen LogP contribution >= 0.6 is 48.0 Å². The van der Waals surface area contributed by atoms with Gasteiger partial charge in [-0.3, -0.25) is 0 Å². The van der Waals surface area contributed by atoms with Crippen LogP contribution in [0.1, 0.15) is 24.9 Å². The molecule has 0 saturated carbocycles. The van der Waals surface area contributed by atoms with Gasteiger partial charge in [0.05, 0.1) is 22.1 Å². The minimum atomic E-state index is 0. The first-order chi connectivity index (χ1) is 11.6. The lowest BCUT2D eigenvalue weighted by molar-refractivity contribution is 0.503. The molecule has 2 aromatic carbocycles. The van der Waals surface area contributed by atoms with Crippen LogP contribution in [0, 0.1) is 0 Å². The standard InChI is InChI=1S/C18H16Cl2N4.2ClH/c1-11(24-8-7-21-10-24)5-6-22-18-13-4-2-3-12-14(19)9-15(20)17(23-18)16(12)13;;/h2-4,7-11H,5-6H2,1H3,(H,22,23);2*1H. The third-order valence-electron chi connectivity index (χ3n) is 4.41. The van der Waals surface area contributed by atoms with Crippen LogP contribution in [-0.2, 0) is 0 Å². The Morgan fingerprint density at radius 3 is 2.73 bits per heavy atom. The van der Waals surface area contributed by atoms with E-state index in [1.807, 2.05) is 24.7 Å². The normalized spacial score (nSPS) is 13.0. The first kappa shape index (κ1) is 20.8. The lowest BCUT2D eigenvalue weighted by Gasteiger charge is -2.14. The van der Waals surface area contributed by atoms with E-state index in [0.29, 0.717) is 16.1 Å². The molecule has 0 bridgehead atoms. The topological polar surface area (TPSA) is 42.2 Å². The Morgan fingerprint density at radius 2 is 2.00 bits per heavy atom. The number of nitrogens with zero attached hydrogens (tertiary/aromatic N) is 3. The fraction of sp³-hybridized carbons (Fsp3) is 0.222. The lowest BCUT2D eigenvalue weighted by atomic mass is 10.0. The minimum Gasteiger partial charge on any atom is -0.369 e. The summed E-state index contributed by atoms with van der Waals surface area (Å²) in [6.07, 6.45) is 6.59. The van der Waals surface area contributed by atoms with Crippen LogP contribution in [0.15, 0.2) is 48.0 Å². The van der Waals surface area contributed by atoms with Crippen molar-refractivity contribution in [1.82, 2.24) is 14.9 Å². The average Bonchev–Trinajstić information content (AvgIpc) is 3.21. The van der Waals surface area contributed by atoms with Gasteiger partial charge in [0.25, 0.3) is 0 Å². The van der Waals surface area contributed by atoms with Gasteiger partial charge < -0.3 is 9.88 Å². The van der Waals surface area contributed by atoms with Crippen molar-refractivity contribution in [2.24, 2.45) is 4.99 Å². The zero-order valence-electron chi connectivity index (χ0n) is 13.9. The summed E-state index contributed by atoms with van der Waals surface area (Å²) in [4.78, 5) is 8.78. The summed E-state index contributed by atoms with van der Waals surface area (Å²) in [5, 5.41) is 6.70. The first-order valence-electron chi connectivity index (χ1n) is 7.86. The fourth-order valence-corrected chi connectivity index (χ4v) is 3.64. The van der Waals surface area contributed by atoms with Crippen LogP contribution in [0.25, 0.3) is 10.8 Å². The minimum absolute atomic E-state index is 0. The molecule has 1 atom stereocenters. The first-order valence-corrected chi connectivity index (χ1v) is 8.62. The highest BCUT2D eigenvalue weighted by Crippen LogP contribution is 2.43. The molecule has 1 unspecified atom stereocenters. The van der Waals surface area contributed by atoms with Crippen molar-refractivity contribution >= 4 is 70.3 Å². The number of imidazole rings is 1. The average molecular weight is 432 g/mol. The highest BCUT2D eigenvalue weighted by atomic mass is 35.5. The van der Waals surface area contributed by atoms with E-state index >= 15 is 0 Å². The number of amidine groups is 1. The lowest BCUT2D eigenvalue weighted by Crippen LogP contribution is -2.25. The van der Waals surface area contributed by atoms with Gasteiger partial charge in [-0.1, -0.05) is 41.4 Å². The van der Waals surface area contributed by atoms with Gasteiger partial charge in [-0.05, 0) is 19.4 Å². The molecule has 0 fully saturated rings. The number of benzene rings is 2. The van der Waals surface area contributed by atoms with Crippen molar-refractivity contribution in [3.05, 3.63) is 58.6 Å². The molecule has 8 heteroatoms. The molecule has 1 aliphatic rings. The highest BCUT2D eigenvalue weighted by molar-refractivity contribution is 6.42. The molecule has 4 nitrogen and oxygen atoms in total. The largest absolute Gasteiger partial charge is 0.369 e. The molecule has 1 aromatic heterocycles. The molecule has 26 heavy (non-hydrogen) atoms. The van der Waals surface area contributed by atoms with Crippen LogP contribution in [0.4, 0.5) is 5.69 Å². The van der Waals surface area contributed by atoms with Crippen molar-refractivity contribution in [2.45, 2.75) is 19.4 Å². The van der Waals surface area contributed by atoms with E-state index in [1.54, 1.807) is 12.3 Å². The molecular weight excluding hydrogens is 414 g/mol. The number of hydrogen-bond donors (Lipinski definition) is 1. The Balaban J connectivity index is 0.00000121. The summed E-state index contributed by atoms with van der Waals surface area (Å²) >= 11 is 12.6. The van der Waals surface area contributed by atoms with E-state index in [4.69, 9.17) is 28.2 Å². The second kappa shape index (κ2) is 8.49. The Morgan fingerprint density at radius 1 is 1.19 bits per heavy atom. The van der Waals surface area contributed by atoms with E-state index < -0.39 is 0 Å². The third-order valence-corrected chi connectivity index (χ3v) is 5.01. The summed E-state index contributed by atoms with van der Waals surface area (Å²) in [5.74, 6) is 0.859. The van der Waals surface area contributed by atoms with E-state index in [-0.39, 0.29) is 24.8 Å². The zero-order chi connectivity index (χ0) is 16.7. The number of aromatic nitrogens is 2. The second-order valence-corrected chi connectivity index (χ2v) is 6.77. The fourth-order valence-electron chi connectivity index (χ4n) is 3.08. The number of hydrogen-bond acceptors (Lipinski definition) is 3. The van der Waals surface area contributed by atoms with Crippen LogP contribution in [0.5, 0.6) is 0 Å². The summed E-state index contributed by atoms with van der Waals surface area (Å²) in [6, 6.07) is 8.19. The monoisotopic (exact) mass is 430 g/mol. The molecule has 0 saturated heterocycles. The summed E-state index contributed by atoms with van der Waals surface area (Å²) < 4.78 is 2.10. The van der Waals surface area contributed by atoms with Crippen molar-refractivity contribution in [3.8, 4) is 0 Å². The number of aliphatic imine (C=N–C) groups is 1. The number of rotatable bonds is 4. The Kier molecular flexibility index (Phi) is 6.80. The SMILES string of the molecule is CC(CCNC1=Nc2c(Cl)cc(Cl)c3cccc1c23)n1ccnc1.Cl.Cl. The second-order valence-electron chi connectivity index (χ2n) is 5.95. The van der Waals surface area contributed by atoms with E-state index in [1.165, 1.54) is 0 Å². The van der Waals surface area contributed by atoms with Crippen LogP contribution < -0.4 is 5.32 Å². The molecule has 138 valence electrons. The van der Waals surface area contributed by atoms with Gasteiger partial charge in [0.15, 0.2) is 0 Å². The number of nitrogens with one attached hydrogen (secondary N) is 1. The van der Waals surface area contributed by atoms with Gasteiger partial charge in [-0.15, -0.1) is 24.8 Å². The molecule has 2 heterocycles. The molecule has 0 amide bonds. The molecule has 0 spiro atoms. The van der Waals surface area contributed by atoms with E-state index in [9.17, 15) is 0 Å². The van der Waals surface area contributed by atoms with Gasteiger partial charge in [0.2, 0.25) is 0 Å². The van der Waals surface area contributed by atoms with Gasteiger partial charge in [0.1, 0.15) is 5.84 Å². The van der Waals surface area contributed by atoms with Gasteiger partial charge >= 0.3 is 0 Å². The van der Waals surface area contributed by atoms with Gasteiger partial charge in [0, 0.05) is 41.3 Å². The molecule has 3 aromatic rings. The summed E-state index contributed by atoms with van der Waals surface area (Å²) in [6.45, 7) is 2.99. The predicted molar refractivity (Wildman–Crippen MR) is 114 cm³/mol. The number of halogens is 4. The maximum Gasteiger partial charge on any atom is 0.134 e. The van der Waals surface area contributed by atoms with E-state index in [2.05, 4.69) is 27.9 Å². The molecule has 1 N–H and O–H groups in total. The van der Waals surface area contributed by atoms with Crippen molar-refractivity contribution < 1.29 is 0 Å². The molecule has 0 aliphatic carbocycles. The summed E-state index contributed by atoms with van der Waals surface area (Å²) in [7, 11) is 0. The van der Waals surface area contributed by atoms with Crippen molar-refractivity contribution in [1.29, 1.82) is 0 Å². The van der Waals surface area contributed by atoms with E-state index in [0.717, 1.165) is 40.8 Å². The Labute approximate surface area is 174 Å². The maximum absolute atomic E-state index is 6.33. The van der Waals surface area contributed by atoms with Gasteiger partial charge in [-0.25, -0.2) is 9.98 Å². The maximum atomic E-state index is 6.33. The zero-order valence-corrected chi connectivity index (χ0v) is 17.1. The van der Waals surface area contributed by atoms with Crippen LogP contribution in [0.3, 0.4) is 0 Å². The molecular formula is C18H18Cl4N4. The highest BCUT2D eigenvalue weighted by Gasteiger charge is 2.22. The Bertz CT molecular complexity index is 938. The smallest absolute Gasteiger partial charge is 0.134 e. The summed E-state index contributed by atoms with van der Waals surface area (Å²) in [5.41, 5.74) is 1.86. The third kappa shape index (κ3) is 3.65. The molecule has 4 rings (SSSR count). The van der Waals surface area contributed by atoms with Crippen molar-refractivity contribution in [2.75, 3.05) is 6.54 Å².